The lowest BCUT2D eigenvalue weighted by molar-refractivity contribution is -0.140. The summed E-state index contributed by atoms with van der Waals surface area (Å²) in [5.41, 5.74) is 1.18. The van der Waals surface area contributed by atoms with Crippen molar-refractivity contribution in [2.75, 3.05) is 23.3 Å². The van der Waals surface area contributed by atoms with E-state index in [4.69, 9.17) is 0 Å². The zero-order valence-electron chi connectivity index (χ0n) is 16.4. The molecule has 152 valence electrons. The fourth-order valence-electron chi connectivity index (χ4n) is 3.90. The van der Waals surface area contributed by atoms with Crippen LogP contribution in [0.5, 0.6) is 0 Å². The van der Waals surface area contributed by atoms with E-state index in [0.29, 0.717) is 31.5 Å². The molecule has 1 aromatic heterocycles. The van der Waals surface area contributed by atoms with Crippen LogP contribution in [0.15, 0.2) is 36.7 Å². The number of aliphatic carboxylic acids is 1. The largest absolute Gasteiger partial charge is 0.481 e. The number of nitrogens with zero attached hydrogens (tertiary/aromatic N) is 3. The molecule has 1 saturated heterocycles. The zero-order valence-corrected chi connectivity index (χ0v) is 16.4. The number of aryl methyl sites for hydroxylation is 1. The quantitative estimate of drug-likeness (QED) is 0.749. The van der Waals surface area contributed by atoms with Crippen molar-refractivity contribution in [3.63, 3.8) is 0 Å². The first kappa shape index (κ1) is 19.4. The summed E-state index contributed by atoms with van der Waals surface area (Å²) < 4.78 is 0. The molecule has 4 rings (SSSR count). The van der Waals surface area contributed by atoms with Crippen molar-refractivity contribution in [1.82, 2.24) is 9.97 Å². The third-order valence-corrected chi connectivity index (χ3v) is 5.88. The average molecular weight is 394 g/mol. The van der Waals surface area contributed by atoms with Crippen LogP contribution < -0.4 is 10.2 Å². The number of rotatable bonds is 7. The molecule has 1 aromatic carbocycles. The van der Waals surface area contributed by atoms with Crippen LogP contribution >= 0.6 is 0 Å². The molecule has 7 nitrogen and oxygen atoms in total. The highest BCUT2D eigenvalue weighted by atomic mass is 16.4. The van der Waals surface area contributed by atoms with Gasteiger partial charge in [-0.15, -0.1) is 0 Å². The molecule has 1 amide bonds. The fraction of sp³-hybridized carbons (Fsp3) is 0.455. The van der Waals surface area contributed by atoms with E-state index < -0.39 is 11.4 Å². The summed E-state index contributed by atoms with van der Waals surface area (Å²) >= 11 is 0. The number of aromatic nitrogens is 2. The van der Waals surface area contributed by atoms with Crippen LogP contribution in [0.3, 0.4) is 0 Å². The first-order chi connectivity index (χ1) is 14.1. The Bertz CT molecular complexity index is 887. The van der Waals surface area contributed by atoms with Gasteiger partial charge < -0.3 is 15.3 Å². The second-order valence-corrected chi connectivity index (χ2v) is 7.94. The van der Waals surface area contributed by atoms with E-state index in [1.54, 1.807) is 12.4 Å². The molecule has 2 aliphatic rings. The van der Waals surface area contributed by atoms with E-state index in [0.717, 1.165) is 42.9 Å². The normalized spacial score (nSPS) is 17.6. The Kier molecular flexibility index (Phi) is 5.47. The van der Waals surface area contributed by atoms with Crippen LogP contribution in [-0.2, 0) is 21.4 Å². The summed E-state index contributed by atoms with van der Waals surface area (Å²) in [7, 11) is 0. The Morgan fingerprint density at radius 2 is 1.79 bits per heavy atom. The van der Waals surface area contributed by atoms with Gasteiger partial charge in [0.2, 0.25) is 5.91 Å². The highest BCUT2D eigenvalue weighted by Gasteiger charge is 2.51. The van der Waals surface area contributed by atoms with Gasteiger partial charge in [-0.25, -0.2) is 4.98 Å². The maximum atomic E-state index is 12.3. The first-order valence-electron chi connectivity index (χ1n) is 10.3. The number of carbonyl (C=O) groups is 2. The van der Waals surface area contributed by atoms with Crippen molar-refractivity contribution in [2.45, 2.75) is 50.4 Å². The van der Waals surface area contributed by atoms with Gasteiger partial charge in [0.15, 0.2) is 5.82 Å². The molecule has 7 heteroatoms. The maximum Gasteiger partial charge on any atom is 0.314 e. The van der Waals surface area contributed by atoms with Gasteiger partial charge in [0.1, 0.15) is 5.82 Å². The predicted molar refractivity (Wildman–Crippen MR) is 110 cm³/mol. The van der Waals surface area contributed by atoms with Crippen LogP contribution in [0.4, 0.5) is 11.6 Å². The molecule has 1 aliphatic heterocycles. The number of piperidine rings is 1. The predicted octanol–water partition coefficient (Wildman–Crippen LogP) is 3.15. The lowest BCUT2D eigenvalue weighted by Crippen LogP contribution is -2.30. The summed E-state index contributed by atoms with van der Waals surface area (Å²) in [6.07, 6.45) is 9.19. The molecule has 0 bridgehead atoms. The average Bonchev–Trinajstić information content (AvgIpc) is 3.56. The standard InChI is InChI=1S/C22H26N4O3/c27-20(25-18-14-23-15-19(24-18)26-12-2-1-3-13-26)9-6-16-4-7-17(8-5-16)22(10-11-22)21(28)29/h4-5,7-8,14-15H,1-3,6,9-13H2,(H,28,29)(H,24,25,27). The van der Waals surface area contributed by atoms with Gasteiger partial charge >= 0.3 is 5.97 Å². The van der Waals surface area contributed by atoms with E-state index >= 15 is 0 Å². The molecule has 29 heavy (non-hydrogen) atoms. The monoisotopic (exact) mass is 394 g/mol. The molecule has 2 aromatic rings. The van der Waals surface area contributed by atoms with Crippen LogP contribution in [0.2, 0.25) is 0 Å². The number of carbonyl (C=O) groups excluding carboxylic acids is 1. The SMILES string of the molecule is O=C(CCc1ccc(C2(C(=O)O)CC2)cc1)Nc1cncc(N2CCCCC2)n1. The molecule has 2 heterocycles. The second kappa shape index (κ2) is 8.19. The van der Waals surface area contributed by atoms with Gasteiger partial charge in [-0.05, 0) is 49.7 Å². The lowest BCUT2D eigenvalue weighted by atomic mass is 9.94. The highest BCUT2D eigenvalue weighted by molar-refractivity contribution is 5.90. The summed E-state index contributed by atoms with van der Waals surface area (Å²) in [4.78, 5) is 34.7. The molecular weight excluding hydrogens is 368 g/mol. The Labute approximate surface area is 170 Å². The molecule has 1 aliphatic carbocycles. The number of benzene rings is 1. The molecule has 0 atom stereocenters. The number of anilines is 2. The Morgan fingerprint density at radius 3 is 2.45 bits per heavy atom. The third-order valence-electron chi connectivity index (χ3n) is 5.88. The van der Waals surface area contributed by atoms with Gasteiger partial charge in [0.25, 0.3) is 0 Å². The van der Waals surface area contributed by atoms with Crippen LogP contribution in [0, 0.1) is 0 Å². The Balaban J connectivity index is 1.31. The number of hydrogen-bond acceptors (Lipinski definition) is 5. The summed E-state index contributed by atoms with van der Waals surface area (Å²) in [6, 6.07) is 7.59. The van der Waals surface area contributed by atoms with E-state index in [-0.39, 0.29) is 5.91 Å². The third kappa shape index (κ3) is 4.39. The molecular formula is C22H26N4O3. The van der Waals surface area contributed by atoms with Gasteiger partial charge in [-0.3, -0.25) is 14.6 Å². The van der Waals surface area contributed by atoms with E-state index in [1.807, 2.05) is 24.3 Å². The summed E-state index contributed by atoms with van der Waals surface area (Å²) in [5, 5.41) is 12.2. The molecule has 1 saturated carbocycles. The maximum absolute atomic E-state index is 12.3. The van der Waals surface area contributed by atoms with E-state index in [9.17, 15) is 14.7 Å². The fourth-order valence-corrected chi connectivity index (χ4v) is 3.90. The zero-order chi connectivity index (χ0) is 20.3. The van der Waals surface area contributed by atoms with Gasteiger partial charge in [0, 0.05) is 19.5 Å². The number of amides is 1. The van der Waals surface area contributed by atoms with E-state index in [1.165, 1.54) is 6.42 Å². The number of hydrogen-bond donors (Lipinski definition) is 2. The molecule has 2 N–H and O–H groups in total. The number of carboxylic acid groups (broad SMARTS) is 1. The lowest BCUT2D eigenvalue weighted by Gasteiger charge is -2.27. The molecule has 2 fully saturated rings. The van der Waals surface area contributed by atoms with Crippen LogP contribution in [0.25, 0.3) is 0 Å². The smallest absolute Gasteiger partial charge is 0.314 e. The van der Waals surface area contributed by atoms with Crippen molar-refractivity contribution in [3.05, 3.63) is 47.8 Å². The van der Waals surface area contributed by atoms with Crippen molar-refractivity contribution in [3.8, 4) is 0 Å². The van der Waals surface area contributed by atoms with Gasteiger partial charge in [-0.1, -0.05) is 24.3 Å². The van der Waals surface area contributed by atoms with Crippen molar-refractivity contribution in [1.29, 1.82) is 0 Å². The molecule has 0 spiro atoms. The molecule has 0 radical (unpaired) electrons. The second-order valence-electron chi connectivity index (χ2n) is 7.94. The topological polar surface area (TPSA) is 95.4 Å². The summed E-state index contributed by atoms with van der Waals surface area (Å²) in [6.45, 7) is 1.95. The first-order valence-corrected chi connectivity index (χ1v) is 10.3. The minimum atomic E-state index is -0.752. The molecule has 0 unspecified atom stereocenters. The van der Waals surface area contributed by atoms with Crippen LogP contribution in [-0.4, -0.2) is 40.0 Å². The van der Waals surface area contributed by atoms with Crippen molar-refractivity contribution in [2.24, 2.45) is 0 Å². The van der Waals surface area contributed by atoms with Crippen LogP contribution in [0.1, 0.15) is 49.7 Å². The Hall–Kier alpha value is -2.96. The van der Waals surface area contributed by atoms with Gasteiger partial charge in [-0.2, -0.15) is 0 Å². The number of carboxylic acids is 1. The van der Waals surface area contributed by atoms with Crippen molar-refractivity contribution >= 4 is 23.5 Å². The number of nitrogens with one attached hydrogen (secondary N) is 1. The van der Waals surface area contributed by atoms with E-state index in [2.05, 4.69) is 20.2 Å². The van der Waals surface area contributed by atoms with Gasteiger partial charge in [0.05, 0.1) is 17.8 Å². The minimum absolute atomic E-state index is 0.108. The minimum Gasteiger partial charge on any atom is -0.481 e. The summed E-state index contributed by atoms with van der Waals surface area (Å²) in [5.74, 6) is 0.428. The highest BCUT2D eigenvalue weighted by Crippen LogP contribution is 2.48. The van der Waals surface area contributed by atoms with Crippen molar-refractivity contribution < 1.29 is 14.7 Å². The Morgan fingerprint density at radius 1 is 1.07 bits per heavy atom.